The van der Waals surface area contributed by atoms with E-state index in [-0.39, 0.29) is 0 Å². The molecular formula is C11H26Si. The van der Waals surface area contributed by atoms with Crippen molar-refractivity contribution in [2.24, 2.45) is 5.41 Å². The second kappa shape index (κ2) is 4.45. The molecule has 0 saturated carbocycles. The van der Waals surface area contributed by atoms with Gasteiger partial charge in [0.25, 0.3) is 0 Å². The normalized spacial score (nSPS) is 13.5. The van der Waals surface area contributed by atoms with E-state index in [0.717, 1.165) is 0 Å². The van der Waals surface area contributed by atoms with Gasteiger partial charge in [0, 0.05) is 0 Å². The van der Waals surface area contributed by atoms with Crippen LogP contribution in [0.15, 0.2) is 0 Å². The number of rotatable bonds is 5. The summed E-state index contributed by atoms with van der Waals surface area (Å²) in [5.74, 6) is 0. The smallest absolute Gasteiger partial charge is 0.0504 e. The summed E-state index contributed by atoms with van der Waals surface area (Å²) in [6, 6.07) is 4.41. The Morgan fingerprint density at radius 3 is 1.67 bits per heavy atom. The van der Waals surface area contributed by atoms with E-state index >= 15 is 0 Å². The molecule has 0 N–H and O–H groups in total. The van der Waals surface area contributed by atoms with Crippen molar-refractivity contribution >= 4 is 8.07 Å². The van der Waals surface area contributed by atoms with Crippen molar-refractivity contribution < 1.29 is 0 Å². The molecule has 0 aliphatic rings. The van der Waals surface area contributed by atoms with Crippen LogP contribution >= 0.6 is 0 Å². The Balaban J connectivity index is 4.20. The van der Waals surface area contributed by atoms with Crippen LogP contribution in [0.4, 0.5) is 0 Å². The SMILES string of the molecule is CCC(C)(C)C[Si](C)(CC)CC. The van der Waals surface area contributed by atoms with E-state index in [1.165, 1.54) is 24.6 Å². The maximum atomic E-state index is 2.56. The van der Waals surface area contributed by atoms with Gasteiger partial charge in [-0.3, -0.25) is 0 Å². The molecule has 74 valence electrons. The molecule has 0 amide bonds. The largest absolute Gasteiger partial charge is 0.0691 e. The van der Waals surface area contributed by atoms with Crippen molar-refractivity contribution in [3.63, 3.8) is 0 Å². The quantitative estimate of drug-likeness (QED) is 0.553. The molecule has 0 nitrogen and oxygen atoms in total. The van der Waals surface area contributed by atoms with Gasteiger partial charge in [-0.25, -0.2) is 0 Å². The fraction of sp³-hybridized carbons (Fsp3) is 1.00. The van der Waals surface area contributed by atoms with E-state index in [9.17, 15) is 0 Å². The first-order valence-corrected chi connectivity index (χ1v) is 8.51. The topological polar surface area (TPSA) is 0 Å². The van der Waals surface area contributed by atoms with Gasteiger partial charge in [-0.1, -0.05) is 65.7 Å². The molecule has 0 atom stereocenters. The lowest BCUT2D eigenvalue weighted by molar-refractivity contribution is 0.390. The van der Waals surface area contributed by atoms with Crippen LogP contribution < -0.4 is 0 Å². The van der Waals surface area contributed by atoms with E-state index in [2.05, 4.69) is 41.2 Å². The standard InChI is InChI=1S/C11H26Si/c1-7-11(4,5)10-12(6,8-2)9-3/h7-10H2,1-6H3. The van der Waals surface area contributed by atoms with E-state index < -0.39 is 8.07 Å². The lowest BCUT2D eigenvalue weighted by atomic mass is 9.93. The summed E-state index contributed by atoms with van der Waals surface area (Å²) in [5.41, 5.74) is 0.590. The molecule has 0 bridgehead atoms. The van der Waals surface area contributed by atoms with Crippen LogP contribution in [-0.4, -0.2) is 8.07 Å². The molecule has 0 aromatic carbocycles. The van der Waals surface area contributed by atoms with Crippen LogP contribution in [0.2, 0.25) is 24.7 Å². The molecule has 0 unspecified atom stereocenters. The fourth-order valence-corrected chi connectivity index (χ4v) is 5.34. The molecule has 0 spiro atoms. The molecule has 0 aliphatic carbocycles. The van der Waals surface area contributed by atoms with Gasteiger partial charge in [-0.2, -0.15) is 0 Å². The highest BCUT2D eigenvalue weighted by atomic mass is 28.3. The Bertz CT molecular complexity index is 123. The molecule has 12 heavy (non-hydrogen) atoms. The summed E-state index contributed by atoms with van der Waals surface area (Å²) in [6.07, 6.45) is 1.33. The summed E-state index contributed by atoms with van der Waals surface area (Å²) in [5, 5.41) is 0. The second-order valence-electron chi connectivity index (χ2n) is 5.21. The predicted octanol–water partition coefficient (Wildman–Crippen LogP) is 4.54. The Morgan fingerprint density at radius 1 is 1.00 bits per heavy atom. The highest BCUT2D eigenvalue weighted by molar-refractivity contribution is 6.78. The minimum atomic E-state index is -0.854. The highest BCUT2D eigenvalue weighted by Crippen LogP contribution is 2.35. The first kappa shape index (κ1) is 12.2. The lowest BCUT2D eigenvalue weighted by Crippen LogP contribution is -2.33. The minimum Gasteiger partial charge on any atom is -0.0691 e. The third-order valence-electron chi connectivity index (χ3n) is 3.57. The zero-order chi connectivity index (χ0) is 9.83. The third kappa shape index (κ3) is 3.75. The highest BCUT2D eigenvalue weighted by Gasteiger charge is 2.29. The maximum Gasteiger partial charge on any atom is 0.0504 e. The second-order valence-corrected chi connectivity index (χ2v) is 10.6. The van der Waals surface area contributed by atoms with Crippen molar-refractivity contribution in [2.75, 3.05) is 0 Å². The molecule has 1 heteroatoms. The van der Waals surface area contributed by atoms with E-state index in [1.54, 1.807) is 0 Å². The Morgan fingerprint density at radius 2 is 1.42 bits per heavy atom. The van der Waals surface area contributed by atoms with Gasteiger partial charge in [0.05, 0.1) is 8.07 Å². The zero-order valence-corrected chi connectivity index (χ0v) is 10.8. The molecule has 0 aromatic heterocycles. The average molecular weight is 186 g/mol. The Hall–Kier alpha value is 0.217. The van der Waals surface area contributed by atoms with Crippen molar-refractivity contribution in [3.8, 4) is 0 Å². The van der Waals surface area contributed by atoms with Gasteiger partial charge < -0.3 is 0 Å². The Labute approximate surface area is 79.8 Å². The van der Waals surface area contributed by atoms with Crippen LogP contribution in [0.3, 0.4) is 0 Å². The minimum absolute atomic E-state index is 0.590. The van der Waals surface area contributed by atoms with Gasteiger partial charge in [-0.05, 0) is 5.41 Å². The number of hydrogen-bond acceptors (Lipinski definition) is 0. The van der Waals surface area contributed by atoms with Gasteiger partial charge >= 0.3 is 0 Å². The molecule has 0 aromatic rings. The fourth-order valence-electron chi connectivity index (χ4n) is 1.78. The van der Waals surface area contributed by atoms with Crippen LogP contribution in [-0.2, 0) is 0 Å². The van der Waals surface area contributed by atoms with Crippen LogP contribution in [0.5, 0.6) is 0 Å². The summed E-state index contributed by atoms with van der Waals surface area (Å²) >= 11 is 0. The molecule has 0 heterocycles. The van der Waals surface area contributed by atoms with E-state index in [4.69, 9.17) is 0 Å². The molecular weight excluding hydrogens is 160 g/mol. The van der Waals surface area contributed by atoms with Crippen LogP contribution in [0.25, 0.3) is 0 Å². The maximum absolute atomic E-state index is 2.56. The van der Waals surface area contributed by atoms with Crippen molar-refractivity contribution in [1.82, 2.24) is 0 Å². The van der Waals surface area contributed by atoms with Crippen LogP contribution in [0, 0.1) is 5.41 Å². The van der Waals surface area contributed by atoms with Crippen molar-refractivity contribution in [1.29, 1.82) is 0 Å². The molecule has 0 radical (unpaired) electrons. The van der Waals surface area contributed by atoms with Crippen molar-refractivity contribution in [2.45, 2.75) is 65.7 Å². The summed E-state index contributed by atoms with van der Waals surface area (Å²) in [6.45, 7) is 14.5. The van der Waals surface area contributed by atoms with Crippen molar-refractivity contribution in [3.05, 3.63) is 0 Å². The first-order valence-electron chi connectivity index (χ1n) is 5.39. The zero-order valence-electron chi connectivity index (χ0n) is 9.83. The van der Waals surface area contributed by atoms with Gasteiger partial charge in [0.2, 0.25) is 0 Å². The van der Waals surface area contributed by atoms with Crippen LogP contribution in [0.1, 0.15) is 41.0 Å². The average Bonchev–Trinajstić information content (AvgIpc) is 2.04. The van der Waals surface area contributed by atoms with Gasteiger partial charge in [0.1, 0.15) is 0 Å². The summed E-state index contributed by atoms with van der Waals surface area (Å²) in [7, 11) is -0.854. The summed E-state index contributed by atoms with van der Waals surface area (Å²) < 4.78 is 0. The lowest BCUT2D eigenvalue weighted by Gasteiger charge is -2.34. The van der Waals surface area contributed by atoms with Gasteiger partial charge in [0.15, 0.2) is 0 Å². The first-order chi connectivity index (χ1) is 5.39. The molecule has 0 fully saturated rings. The Kier molecular flexibility index (Phi) is 4.53. The summed E-state index contributed by atoms with van der Waals surface area (Å²) in [4.78, 5) is 0. The molecule has 0 aliphatic heterocycles. The third-order valence-corrected chi connectivity index (χ3v) is 8.79. The predicted molar refractivity (Wildman–Crippen MR) is 61.5 cm³/mol. The van der Waals surface area contributed by atoms with Gasteiger partial charge in [-0.15, -0.1) is 0 Å². The molecule has 0 rings (SSSR count). The monoisotopic (exact) mass is 186 g/mol. The molecule has 0 saturated heterocycles. The number of hydrogen-bond donors (Lipinski definition) is 0. The van der Waals surface area contributed by atoms with E-state index in [1.807, 2.05) is 0 Å². The van der Waals surface area contributed by atoms with E-state index in [0.29, 0.717) is 5.41 Å².